The Morgan fingerprint density at radius 3 is 2.41 bits per heavy atom. The number of halogens is 2. The molecule has 2 N–H and O–H groups in total. The number of nitrogens with one attached hydrogen (secondary N) is 2. The maximum absolute atomic E-state index is 12.2. The maximum Gasteiger partial charge on any atom is 0.226 e. The van der Waals surface area contributed by atoms with Crippen molar-refractivity contribution in [2.24, 2.45) is 0 Å². The highest BCUT2D eigenvalue weighted by Crippen LogP contribution is 2.27. The summed E-state index contributed by atoms with van der Waals surface area (Å²) in [5.74, 6) is 0.680. The zero-order valence-corrected chi connectivity index (χ0v) is 20.5. The molecule has 34 heavy (non-hydrogen) atoms. The summed E-state index contributed by atoms with van der Waals surface area (Å²) in [6.45, 7) is 0.519. The minimum absolute atomic E-state index is 0.0589. The quantitative estimate of drug-likeness (QED) is 0.239. The van der Waals surface area contributed by atoms with E-state index >= 15 is 0 Å². The number of hydrogen-bond donors (Lipinski definition) is 2. The summed E-state index contributed by atoms with van der Waals surface area (Å²) in [5.41, 5.74) is 2.71. The zero-order valence-electron chi connectivity index (χ0n) is 18.2. The molecule has 5 nitrogen and oxygen atoms in total. The lowest BCUT2D eigenvalue weighted by Gasteiger charge is -2.09. The van der Waals surface area contributed by atoms with Crippen molar-refractivity contribution in [3.8, 4) is 0 Å². The molecule has 0 atom stereocenters. The number of aromatic nitrogens is 2. The monoisotopic (exact) mass is 508 g/mol. The van der Waals surface area contributed by atoms with E-state index in [1.165, 1.54) is 0 Å². The van der Waals surface area contributed by atoms with Gasteiger partial charge in [0, 0.05) is 51.9 Å². The fraction of sp³-hybridized carbons (Fsp3) is 0.115. The Labute approximate surface area is 212 Å². The molecule has 0 spiro atoms. The van der Waals surface area contributed by atoms with Crippen LogP contribution in [0.15, 0.2) is 95.0 Å². The Morgan fingerprint density at radius 1 is 0.882 bits per heavy atom. The molecule has 8 heteroatoms. The number of benzene rings is 3. The van der Waals surface area contributed by atoms with Crippen LogP contribution in [0.2, 0.25) is 10.0 Å². The summed E-state index contributed by atoms with van der Waals surface area (Å²) < 4.78 is 0. The van der Waals surface area contributed by atoms with E-state index in [-0.39, 0.29) is 5.91 Å². The largest absolute Gasteiger partial charge is 0.384 e. The molecule has 0 aliphatic rings. The summed E-state index contributed by atoms with van der Waals surface area (Å²) in [5, 5.41) is 8.33. The molecule has 0 unspecified atom stereocenters. The van der Waals surface area contributed by atoms with Gasteiger partial charge in [-0.05, 0) is 66.2 Å². The first kappa shape index (κ1) is 24.1. The lowest BCUT2D eigenvalue weighted by molar-refractivity contribution is -0.115. The minimum Gasteiger partial charge on any atom is -0.384 e. The van der Waals surface area contributed by atoms with Gasteiger partial charge in [0.25, 0.3) is 0 Å². The van der Waals surface area contributed by atoms with Gasteiger partial charge in [0.2, 0.25) is 5.91 Å². The second-order valence-electron chi connectivity index (χ2n) is 7.48. The van der Waals surface area contributed by atoms with Crippen LogP contribution in [0.5, 0.6) is 0 Å². The molecule has 0 aliphatic carbocycles. The molecule has 3 aromatic carbocycles. The van der Waals surface area contributed by atoms with E-state index in [9.17, 15) is 4.79 Å². The Bertz CT molecular complexity index is 1270. The first-order chi connectivity index (χ1) is 16.5. The van der Waals surface area contributed by atoms with Gasteiger partial charge in [-0.25, -0.2) is 9.97 Å². The van der Waals surface area contributed by atoms with Gasteiger partial charge in [-0.1, -0.05) is 53.2 Å². The van der Waals surface area contributed by atoms with Crippen molar-refractivity contribution >= 4 is 52.2 Å². The van der Waals surface area contributed by atoms with E-state index in [2.05, 4.69) is 20.6 Å². The molecule has 0 radical (unpaired) electrons. The van der Waals surface area contributed by atoms with E-state index in [0.29, 0.717) is 29.4 Å². The average Bonchev–Trinajstić information content (AvgIpc) is 2.81. The number of amides is 1. The molecule has 0 saturated heterocycles. The molecule has 1 heterocycles. The van der Waals surface area contributed by atoms with Gasteiger partial charge in [-0.3, -0.25) is 4.79 Å². The summed E-state index contributed by atoms with van der Waals surface area (Å²) in [7, 11) is 0. The van der Waals surface area contributed by atoms with Crippen molar-refractivity contribution in [3.05, 3.63) is 106 Å². The van der Waals surface area contributed by atoms with Crippen molar-refractivity contribution in [1.29, 1.82) is 0 Å². The Hall–Kier alpha value is -3.06. The van der Waals surface area contributed by atoms with Crippen LogP contribution in [0.25, 0.3) is 0 Å². The number of hydrogen-bond acceptors (Lipinski definition) is 5. The van der Waals surface area contributed by atoms with Gasteiger partial charge in [-0.2, -0.15) is 0 Å². The van der Waals surface area contributed by atoms with Crippen molar-refractivity contribution < 1.29 is 4.79 Å². The van der Waals surface area contributed by atoms with Gasteiger partial charge >= 0.3 is 0 Å². The summed E-state index contributed by atoms with van der Waals surface area (Å²) in [6, 6.07) is 24.7. The summed E-state index contributed by atoms with van der Waals surface area (Å²) in [4.78, 5) is 22.3. The smallest absolute Gasteiger partial charge is 0.226 e. The first-order valence-corrected chi connectivity index (χ1v) is 12.2. The molecular formula is C26H22Cl2N4OS. The molecule has 1 amide bonds. The standard InChI is InChI=1S/C26H22Cl2N4OS/c27-19-4-1-3-18(15-19)16-24-30-14-12-26(32-24)34-23-9-7-21(8-10-23)31-25(33)11-13-29-22-6-2-5-20(28)17-22/h1-10,12,14-15,17,29H,11,13,16H2,(H,31,33). The van der Waals surface area contributed by atoms with Crippen molar-refractivity contribution in [2.45, 2.75) is 22.8 Å². The van der Waals surface area contributed by atoms with E-state index in [1.807, 2.05) is 78.9 Å². The van der Waals surface area contributed by atoms with Gasteiger partial charge in [0.1, 0.15) is 10.9 Å². The van der Waals surface area contributed by atoms with Crippen LogP contribution in [-0.4, -0.2) is 22.4 Å². The summed E-state index contributed by atoms with van der Waals surface area (Å²) >= 11 is 13.6. The number of carbonyl (C=O) groups excluding carboxylic acids is 1. The van der Waals surface area contributed by atoms with Gasteiger partial charge in [0.05, 0.1) is 0 Å². The second kappa shape index (κ2) is 11.9. The van der Waals surface area contributed by atoms with Crippen LogP contribution in [0.1, 0.15) is 17.8 Å². The van der Waals surface area contributed by atoms with Crippen LogP contribution < -0.4 is 10.6 Å². The average molecular weight is 509 g/mol. The topological polar surface area (TPSA) is 66.9 Å². The van der Waals surface area contributed by atoms with E-state index < -0.39 is 0 Å². The van der Waals surface area contributed by atoms with Crippen LogP contribution >= 0.6 is 35.0 Å². The first-order valence-electron chi connectivity index (χ1n) is 10.7. The zero-order chi connectivity index (χ0) is 23.8. The number of rotatable bonds is 9. The predicted molar refractivity (Wildman–Crippen MR) is 140 cm³/mol. The molecule has 1 aromatic heterocycles. The summed E-state index contributed by atoms with van der Waals surface area (Å²) in [6.07, 6.45) is 2.73. The van der Waals surface area contributed by atoms with Crippen LogP contribution in [0, 0.1) is 0 Å². The highest BCUT2D eigenvalue weighted by atomic mass is 35.5. The molecule has 0 aliphatic heterocycles. The lowest BCUT2D eigenvalue weighted by Crippen LogP contribution is -2.16. The van der Waals surface area contributed by atoms with Gasteiger partial charge in [0.15, 0.2) is 0 Å². The Morgan fingerprint density at radius 2 is 1.65 bits per heavy atom. The molecule has 4 aromatic rings. The van der Waals surface area contributed by atoms with E-state index in [1.54, 1.807) is 18.0 Å². The third-order valence-corrected chi connectivity index (χ3v) is 6.21. The van der Waals surface area contributed by atoms with E-state index in [4.69, 9.17) is 23.2 Å². The third-order valence-electron chi connectivity index (χ3n) is 4.80. The fourth-order valence-electron chi connectivity index (χ4n) is 3.22. The van der Waals surface area contributed by atoms with E-state index in [0.717, 1.165) is 32.7 Å². The predicted octanol–water partition coefficient (Wildman–Crippen LogP) is 6.97. The Kier molecular flexibility index (Phi) is 8.41. The van der Waals surface area contributed by atoms with Crippen LogP contribution in [0.4, 0.5) is 11.4 Å². The van der Waals surface area contributed by atoms with Crippen LogP contribution in [-0.2, 0) is 11.2 Å². The SMILES string of the molecule is O=C(CCNc1cccc(Cl)c1)Nc1ccc(Sc2ccnc(Cc3cccc(Cl)c3)n2)cc1. The minimum atomic E-state index is -0.0589. The molecule has 172 valence electrons. The highest BCUT2D eigenvalue weighted by molar-refractivity contribution is 7.99. The van der Waals surface area contributed by atoms with Crippen molar-refractivity contribution in [1.82, 2.24) is 9.97 Å². The normalized spacial score (nSPS) is 10.6. The molecule has 0 bridgehead atoms. The highest BCUT2D eigenvalue weighted by Gasteiger charge is 2.06. The third kappa shape index (κ3) is 7.48. The molecule has 0 saturated carbocycles. The van der Waals surface area contributed by atoms with Gasteiger partial charge < -0.3 is 10.6 Å². The number of nitrogens with zero attached hydrogens (tertiary/aromatic N) is 2. The van der Waals surface area contributed by atoms with Crippen molar-refractivity contribution in [2.75, 3.05) is 17.2 Å². The van der Waals surface area contributed by atoms with Gasteiger partial charge in [-0.15, -0.1) is 0 Å². The Balaban J connectivity index is 1.27. The maximum atomic E-state index is 12.2. The second-order valence-corrected chi connectivity index (χ2v) is 9.45. The molecule has 4 rings (SSSR count). The van der Waals surface area contributed by atoms with Crippen molar-refractivity contribution in [3.63, 3.8) is 0 Å². The molecular weight excluding hydrogens is 487 g/mol. The van der Waals surface area contributed by atoms with Crippen LogP contribution in [0.3, 0.4) is 0 Å². The fourth-order valence-corrected chi connectivity index (χ4v) is 4.42. The lowest BCUT2D eigenvalue weighted by atomic mass is 10.1. The number of carbonyl (C=O) groups is 1. The molecule has 0 fully saturated rings. The number of anilines is 2.